The number of halogens is 1. The molecule has 0 aliphatic heterocycles. The number of anilines is 1. The molecule has 1 fully saturated rings. The van der Waals surface area contributed by atoms with Crippen LogP contribution in [0.15, 0.2) is 108 Å². The second kappa shape index (κ2) is 16.3. The summed E-state index contributed by atoms with van der Waals surface area (Å²) < 4.78 is 43.7. The van der Waals surface area contributed by atoms with Gasteiger partial charge in [0, 0.05) is 19.0 Å². The minimum absolute atomic E-state index is 0.000168. The third-order valence-electron chi connectivity index (χ3n) is 9.22. The van der Waals surface area contributed by atoms with Crippen LogP contribution in [0.2, 0.25) is 0 Å². The molecule has 4 aromatic rings. The predicted octanol–water partition coefficient (Wildman–Crippen LogP) is 7.54. The highest BCUT2D eigenvalue weighted by Crippen LogP contribution is 2.28. The first kappa shape index (κ1) is 35.8. The van der Waals surface area contributed by atoms with Crippen LogP contribution < -0.4 is 9.62 Å². The smallest absolute Gasteiger partial charge is 0.264 e. The molecular formula is C40H46FN3O4S. The van der Waals surface area contributed by atoms with Crippen molar-refractivity contribution in [1.82, 2.24) is 10.2 Å². The van der Waals surface area contributed by atoms with Gasteiger partial charge in [-0.3, -0.25) is 13.9 Å². The number of carbonyl (C=O) groups is 2. The molecule has 1 aliphatic rings. The van der Waals surface area contributed by atoms with Crippen LogP contribution in [0.5, 0.6) is 0 Å². The number of nitrogens with zero attached hydrogens (tertiary/aromatic N) is 2. The lowest BCUT2D eigenvalue weighted by Crippen LogP contribution is -2.55. The van der Waals surface area contributed by atoms with Crippen LogP contribution in [0.3, 0.4) is 0 Å². The third kappa shape index (κ3) is 9.35. The first-order chi connectivity index (χ1) is 23.5. The Labute approximate surface area is 290 Å². The number of carbonyl (C=O) groups excluding carboxylic acids is 2. The molecule has 0 radical (unpaired) electrons. The summed E-state index contributed by atoms with van der Waals surface area (Å²) in [6.45, 7) is 5.43. The topological polar surface area (TPSA) is 86.8 Å². The molecule has 0 bridgehead atoms. The molecular weight excluding hydrogens is 638 g/mol. The van der Waals surface area contributed by atoms with E-state index >= 15 is 0 Å². The fourth-order valence-corrected chi connectivity index (χ4v) is 7.69. The molecule has 1 aliphatic carbocycles. The second-order valence-electron chi connectivity index (χ2n) is 13.3. The molecule has 0 spiro atoms. The first-order valence-corrected chi connectivity index (χ1v) is 18.5. The van der Waals surface area contributed by atoms with Crippen LogP contribution in [0, 0.1) is 12.7 Å². The van der Waals surface area contributed by atoms with Crippen LogP contribution >= 0.6 is 0 Å². The molecule has 0 saturated heterocycles. The lowest BCUT2D eigenvalue weighted by Gasteiger charge is -2.35. The van der Waals surface area contributed by atoms with E-state index in [-0.39, 0.29) is 35.7 Å². The number of hydrogen-bond acceptors (Lipinski definition) is 4. The van der Waals surface area contributed by atoms with E-state index in [0.29, 0.717) is 11.3 Å². The van der Waals surface area contributed by atoms with Crippen molar-refractivity contribution in [3.05, 3.63) is 131 Å². The molecule has 4 aromatic carbocycles. The summed E-state index contributed by atoms with van der Waals surface area (Å²) in [5.74, 6) is -1.03. The minimum Gasteiger partial charge on any atom is -0.352 e. The molecule has 49 heavy (non-hydrogen) atoms. The van der Waals surface area contributed by atoms with Gasteiger partial charge in [0.05, 0.1) is 10.6 Å². The van der Waals surface area contributed by atoms with E-state index in [1.165, 1.54) is 29.2 Å². The summed E-state index contributed by atoms with van der Waals surface area (Å²) in [4.78, 5) is 30.4. The highest BCUT2D eigenvalue weighted by atomic mass is 32.2. The van der Waals surface area contributed by atoms with Gasteiger partial charge >= 0.3 is 0 Å². The van der Waals surface area contributed by atoms with Gasteiger partial charge in [-0.15, -0.1) is 0 Å². The largest absolute Gasteiger partial charge is 0.352 e. The summed E-state index contributed by atoms with van der Waals surface area (Å²) in [6, 6.07) is 28.0. The number of rotatable bonds is 13. The SMILES string of the molecule is Cc1ccc(S(=O)(=O)N(CC(=O)N(Cc2ccc(F)cc2)C(Cc2ccccc2)C(=O)NC2CCCCC2)c2ccc(C(C)C)cc2)cc1. The van der Waals surface area contributed by atoms with Gasteiger partial charge in [0.15, 0.2) is 0 Å². The molecule has 1 atom stereocenters. The monoisotopic (exact) mass is 683 g/mol. The van der Waals surface area contributed by atoms with E-state index in [9.17, 15) is 22.4 Å². The zero-order valence-electron chi connectivity index (χ0n) is 28.5. The molecule has 5 rings (SSSR count). The number of benzene rings is 4. The predicted molar refractivity (Wildman–Crippen MR) is 192 cm³/mol. The summed E-state index contributed by atoms with van der Waals surface area (Å²) in [6.07, 6.45) is 5.12. The van der Waals surface area contributed by atoms with Crippen molar-refractivity contribution in [2.24, 2.45) is 0 Å². The Morgan fingerprint density at radius 2 is 1.45 bits per heavy atom. The zero-order chi connectivity index (χ0) is 35.0. The van der Waals surface area contributed by atoms with Gasteiger partial charge in [-0.05, 0) is 78.8 Å². The molecule has 9 heteroatoms. The van der Waals surface area contributed by atoms with E-state index in [0.717, 1.165) is 53.1 Å². The minimum atomic E-state index is -4.20. The quantitative estimate of drug-likeness (QED) is 0.158. The first-order valence-electron chi connectivity index (χ1n) is 17.1. The molecule has 1 saturated carbocycles. The Hall–Kier alpha value is -4.50. The summed E-state index contributed by atoms with van der Waals surface area (Å²) in [5.41, 5.74) is 3.75. The van der Waals surface area contributed by atoms with Crippen molar-refractivity contribution in [3.8, 4) is 0 Å². The average Bonchev–Trinajstić information content (AvgIpc) is 3.10. The normalized spacial score (nSPS) is 14.3. The van der Waals surface area contributed by atoms with Gasteiger partial charge in [-0.2, -0.15) is 0 Å². The fraction of sp³-hybridized carbons (Fsp3) is 0.350. The number of aryl methyl sites for hydroxylation is 1. The number of amides is 2. The van der Waals surface area contributed by atoms with Crippen molar-refractivity contribution in [3.63, 3.8) is 0 Å². The van der Waals surface area contributed by atoms with Crippen molar-refractivity contribution in [2.45, 2.75) is 88.7 Å². The molecule has 0 aromatic heterocycles. The van der Waals surface area contributed by atoms with Gasteiger partial charge in [-0.25, -0.2) is 12.8 Å². The zero-order valence-corrected chi connectivity index (χ0v) is 29.3. The van der Waals surface area contributed by atoms with Crippen LogP contribution in [0.4, 0.5) is 10.1 Å². The van der Waals surface area contributed by atoms with Crippen molar-refractivity contribution in [2.75, 3.05) is 10.8 Å². The third-order valence-corrected chi connectivity index (χ3v) is 11.0. The molecule has 2 amide bonds. The molecule has 0 heterocycles. The van der Waals surface area contributed by atoms with Crippen LogP contribution in [-0.4, -0.2) is 43.8 Å². The fourth-order valence-electron chi connectivity index (χ4n) is 6.28. The highest BCUT2D eigenvalue weighted by molar-refractivity contribution is 7.92. The maximum atomic E-state index is 14.7. The van der Waals surface area contributed by atoms with Crippen molar-refractivity contribution < 1.29 is 22.4 Å². The van der Waals surface area contributed by atoms with Crippen molar-refractivity contribution in [1.29, 1.82) is 0 Å². The number of hydrogen-bond donors (Lipinski definition) is 1. The van der Waals surface area contributed by atoms with Gasteiger partial charge in [0.2, 0.25) is 11.8 Å². The molecule has 7 nitrogen and oxygen atoms in total. The maximum Gasteiger partial charge on any atom is 0.264 e. The second-order valence-corrected chi connectivity index (χ2v) is 15.1. The van der Waals surface area contributed by atoms with E-state index in [4.69, 9.17) is 0 Å². The van der Waals surface area contributed by atoms with Crippen LogP contribution in [-0.2, 0) is 32.6 Å². The van der Waals surface area contributed by atoms with E-state index < -0.39 is 34.3 Å². The Morgan fingerprint density at radius 1 is 0.816 bits per heavy atom. The number of nitrogens with one attached hydrogen (secondary N) is 1. The Kier molecular flexibility index (Phi) is 11.9. The van der Waals surface area contributed by atoms with Crippen molar-refractivity contribution >= 4 is 27.5 Å². The number of sulfonamides is 1. The van der Waals surface area contributed by atoms with Gasteiger partial charge < -0.3 is 10.2 Å². The van der Waals surface area contributed by atoms with Crippen LogP contribution in [0.25, 0.3) is 0 Å². The van der Waals surface area contributed by atoms with E-state index in [1.807, 2.05) is 49.4 Å². The molecule has 1 unspecified atom stereocenters. The van der Waals surface area contributed by atoms with Gasteiger partial charge in [0.25, 0.3) is 10.0 Å². The highest BCUT2D eigenvalue weighted by Gasteiger charge is 2.35. The summed E-state index contributed by atoms with van der Waals surface area (Å²) >= 11 is 0. The van der Waals surface area contributed by atoms with Gasteiger partial charge in [0.1, 0.15) is 18.4 Å². The Morgan fingerprint density at radius 3 is 2.06 bits per heavy atom. The average molecular weight is 684 g/mol. The Balaban J connectivity index is 1.56. The van der Waals surface area contributed by atoms with E-state index in [1.54, 1.807) is 36.4 Å². The Bertz CT molecular complexity index is 1790. The lowest BCUT2D eigenvalue weighted by molar-refractivity contribution is -0.140. The van der Waals surface area contributed by atoms with Crippen LogP contribution in [0.1, 0.15) is 74.1 Å². The van der Waals surface area contributed by atoms with Gasteiger partial charge in [-0.1, -0.05) is 105 Å². The standard InChI is InChI=1S/C40H46FN3O4S/c1-29(2)33-18-22-36(23-19-33)44(49(47,48)37-24-14-30(3)15-25-37)28-39(45)43(27-32-16-20-34(41)21-17-32)38(26-31-10-6-4-7-11-31)40(46)42-35-12-8-5-9-13-35/h4,6-7,10-11,14-25,29,35,38H,5,8-9,12-13,26-28H2,1-3H3,(H,42,46). The molecule has 258 valence electrons. The lowest BCUT2D eigenvalue weighted by atomic mass is 9.94. The van der Waals surface area contributed by atoms with E-state index in [2.05, 4.69) is 19.2 Å². The maximum absolute atomic E-state index is 14.7. The summed E-state index contributed by atoms with van der Waals surface area (Å²) in [7, 11) is -4.20. The molecule has 1 N–H and O–H groups in total. The summed E-state index contributed by atoms with van der Waals surface area (Å²) in [5, 5.41) is 3.21.